The molecule has 0 atom stereocenters. The van der Waals surface area contributed by atoms with Gasteiger partial charge in [-0.3, -0.25) is 14.5 Å². The van der Waals surface area contributed by atoms with E-state index in [0.717, 1.165) is 11.0 Å². The Morgan fingerprint density at radius 1 is 1.08 bits per heavy atom. The Kier molecular flexibility index (Phi) is 3.41. The van der Waals surface area contributed by atoms with Crippen LogP contribution in [0.4, 0.5) is 0 Å². The van der Waals surface area contributed by atoms with Gasteiger partial charge in [-0.05, 0) is 17.5 Å². The van der Waals surface area contributed by atoms with Gasteiger partial charge >= 0.3 is 11.9 Å². The van der Waals surface area contributed by atoms with Crippen molar-refractivity contribution in [3.8, 4) is 0 Å². The van der Waals surface area contributed by atoms with Crippen molar-refractivity contribution in [2.45, 2.75) is 0 Å². The van der Waals surface area contributed by atoms with E-state index in [0.29, 0.717) is 0 Å². The highest BCUT2D eigenvalue weighted by Crippen LogP contribution is 2.34. The molecule has 0 radical (unpaired) electrons. The van der Waals surface area contributed by atoms with Crippen LogP contribution in [0.25, 0.3) is 10.8 Å². The first-order valence-corrected chi connectivity index (χ1v) is 6.92. The molecule has 1 heterocycles. The minimum atomic E-state index is -1.38. The summed E-state index contributed by atoms with van der Waals surface area (Å²) in [6, 6.07) is 5.17. The second-order valence-corrected chi connectivity index (χ2v) is 5.19. The van der Waals surface area contributed by atoms with Crippen LogP contribution in [-0.2, 0) is 0 Å². The molecule has 2 amide bonds. The molecule has 3 rings (SSSR count). The summed E-state index contributed by atoms with van der Waals surface area (Å²) in [5, 5.41) is 18.8. The third-order valence-corrected chi connectivity index (χ3v) is 3.87. The highest BCUT2D eigenvalue weighted by atomic mass is 16.4. The van der Waals surface area contributed by atoms with Crippen LogP contribution in [-0.4, -0.2) is 45.4 Å². The number of carbonyl (C=O) groups is 4. The summed E-state index contributed by atoms with van der Waals surface area (Å²) >= 11 is 0. The van der Waals surface area contributed by atoms with Crippen LogP contribution < -0.4 is 0 Å². The molecule has 2 aromatic carbocycles. The van der Waals surface area contributed by atoms with Crippen LogP contribution in [0.15, 0.2) is 36.9 Å². The number of amides is 2. The number of benzene rings is 2. The normalized spacial score (nSPS) is 13.2. The summed E-state index contributed by atoms with van der Waals surface area (Å²) in [5.74, 6) is -3.92. The monoisotopic (exact) mass is 325 g/mol. The number of carboxylic acids is 2. The average molecular weight is 325 g/mol. The van der Waals surface area contributed by atoms with E-state index in [4.69, 9.17) is 0 Å². The van der Waals surface area contributed by atoms with Gasteiger partial charge in [-0.1, -0.05) is 18.2 Å². The van der Waals surface area contributed by atoms with Gasteiger partial charge in [-0.2, -0.15) is 0 Å². The Hall–Kier alpha value is -3.48. The number of fused-ring (bicyclic) bond motifs is 3. The molecule has 0 saturated heterocycles. The molecule has 7 heteroatoms. The molecule has 0 aromatic heterocycles. The smallest absolute Gasteiger partial charge is 0.336 e. The zero-order valence-corrected chi connectivity index (χ0v) is 12.3. The molecule has 0 fully saturated rings. The van der Waals surface area contributed by atoms with E-state index in [2.05, 4.69) is 6.58 Å². The lowest BCUT2D eigenvalue weighted by molar-refractivity contribution is 0.0665. The van der Waals surface area contributed by atoms with Crippen molar-refractivity contribution in [3.05, 3.63) is 59.2 Å². The van der Waals surface area contributed by atoms with E-state index in [1.165, 1.54) is 24.3 Å². The van der Waals surface area contributed by atoms with Crippen molar-refractivity contribution < 1.29 is 29.4 Å². The van der Waals surface area contributed by atoms with E-state index in [-0.39, 0.29) is 39.6 Å². The number of hydrogen-bond donors (Lipinski definition) is 2. The largest absolute Gasteiger partial charge is 0.478 e. The summed E-state index contributed by atoms with van der Waals surface area (Å²) in [6.07, 6.45) is 1.38. The number of carbonyl (C=O) groups excluding carboxylic acids is 2. The summed E-state index contributed by atoms with van der Waals surface area (Å²) in [6.45, 7) is 3.46. The maximum atomic E-state index is 12.5. The van der Waals surface area contributed by atoms with Gasteiger partial charge in [0.05, 0.1) is 22.3 Å². The fraction of sp³-hybridized carbons (Fsp3) is 0.0588. The Balaban J connectivity index is 2.46. The Bertz CT molecular complexity index is 959. The predicted molar refractivity (Wildman–Crippen MR) is 83.4 cm³/mol. The Morgan fingerprint density at radius 3 is 2.33 bits per heavy atom. The van der Waals surface area contributed by atoms with Crippen molar-refractivity contribution in [3.63, 3.8) is 0 Å². The molecule has 120 valence electrons. The quantitative estimate of drug-likeness (QED) is 0.657. The van der Waals surface area contributed by atoms with E-state index >= 15 is 0 Å². The van der Waals surface area contributed by atoms with Crippen molar-refractivity contribution in [1.29, 1.82) is 0 Å². The minimum absolute atomic E-state index is 0.0185. The molecule has 2 N–H and O–H groups in total. The highest BCUT2D eigenvalue weighted by molar-refractivity contribution is 6.29. The first kappa shape index (κ1) is 15.4. The predicted octanol–water partition coefficient (Wildman–Crippen LogP) is 2.02. The van der Waals surface area contributed by atoms with Crippen LogP contribution in [0, 0.1) is 0 Å². The van der Waals surface area contributed by atoms with Crippen LogP contribution in [0.5, 0.6) is 0 Å². The molecule has 1 aliphatic rings. The van der Waals surface area contributed by atoms with Crippen molar-refractivity contribution in [1.82, 2.24) is 4.90 Å². The Labute approximate surface area is 135 Å². The van der Waals surface area contributed by atoms with Gasteiger partial charge in [-0.15, -0.1) is 6.58 Å². The molecule has 1 aliphatic heterocycles. The number of imide groups is 1. The summed E-state index contributed by atoms with van der Waals surface area (Å²) in [7, 11) is 0. The van der Waals surface area contributed by atoms with E-state index in [1.807, 2.05) is 0 Å². The van der Waals surface area contributed by atoms with Gasteiger partial charge in [-0.25, -0.2) is 9.59 Å². The molecular weight excluding hydrogens is 314 g/mol. The molecule has 2 aromatic rings. The van der Waals surface area contributed by atoms with Gasteiger partial charge in [0, 0.05) is 11.9 Å². The van der Waals surface area contributed by atoms with E-state index < -0.39 is 23.8 Å². The third-order valence-electron chi connectivity index (χ3n) is 3.87. The first-order chi connectivity index (χ1) is 11.4. The third kappa shape index (κ3) is 1.98. The highest BCUT2D eigenvalue weighted by Gasteiger charge is 2.38. The zero-order chi connectivity index (χ0) is 17.6. The number of hydrogen-bond acceptors (Lipinski definition) is 4. The lowest BCUT2D eigenvalue weighted by Crippen LogP contribution is -2.29. The maximum absolute atomic E-state index is 12.5. The van der Waals surface area contributed by atoms with Gasteiger partial charge in [0.25, 0.3) is 11.8 Å². The van der Waals surface area contributed by atoms with Crippen LogP contribution >= 0.6 is 0 Å². The second kappa shape index (κ2) is 5.31. The maximum Gasteiger partial charge on any atom is 0.336 e. The van der Waals surface area contributed by atoms with Crippen molar-refractivity contribution in [2.24, 2.45) is 0 Å². The molecule has 24 heavy (non-hydrogen) atoms. The van der Waals surface area contributed by atoms with Crippen molar-refractivity contribution in [2.75, 3.05) is 6.54 Å². The molecule has 0 unspecified atom stereocenters. The number of rotatable bonds is 4. The van der Waals surface area contributed by atoms with Crippen molar-refractivity contribution >= 4 is 34.5 Å². The lowest BCUT2D eigenvalue weighted by Gasteiger charge is -2.10. The van der Waals surface area contributed by atoms with Gasteiger partial charge in [0.15, 0.2) is 0 Å². The summed E-state index contributed by atoms with van der Waals surface area (Å²) in [4.78, 5) is 48.9. The second-order valence-electron chi connectivity index (χ2n) is 5.19. The molecule has 0 saturated carbocycles. The van der Waals surface area contributed by atoms with E-state index in [9.17, 15) is 29.4 Å². The number of nitrogens with zero attached hydrogens (tertiary/aromatic N) is 1. The van der Waals surface area contributed by atoms with Gasteiger partial charge < -0.3 is 10.2 Å². The van der Waals surface area contributed by atoms with Gasteiger partial charge in [0.1, 0.15) is 0 Å². The molecular formula is C17H11NO6. The SMILES string of the molecule is C=CCN1C(=O)c2cc(C(=O)O)c3c(C(=O)O)cccc3c2C1=O. The molecule has 0 spiro atoms. The number of aromatic carboxylic acids is 2. The van der Waals surface area contributed by atoms with Crippen LogP contribution in [0.3, 0.4) is 0 Å². The minimum Gasteiger partial charge on any atom is -0.478 e. The summed E-state index contributed by atoms with van der Waals surface area (Å²) in [5.41, 5.74) is -0.599. The fourth-order valence-corrected chi connectivity index (χ4v) is 2.90. The molecule has 0 bridgehead atoms. The average Bonchev–Trinajstić information content (AvgIpc) is 2.78. The standard InChI is InChI=1S/C17H11NO6/c1-2-6-18-14(19)10-7-11(17(23)24)12-8(13(10)15(18)20)4-3-5-9(12)16(21)22/h2-5,7H,1,6H2,(H,21,22)(H,23,24). The lowest BCUT2D eigenvalue weighted by atomic mass is 9.92. The van der Waals surface area contributed by atoms with Crippen LogP contribution in [0.2, 0.25) is 0 Å². The van der Waals surface area contributed by atoms with E-state index in [1.54, 1.807) is 0 Å². The topological polar surface area (TPSA) is 112 Å². The summed E-state index contributed by atoms with van der Waals surface area (Å²) < 4.78 is 0. The molecule has 0 aliphatic carbocycles. The van der Waals surface area contributed by atoms with Gasteiger partial charge in [0.2, 0.25) is 0 Å². The molecule has 7 nitrogen and oxygen atoms in total. The van der Waals surface area contributed by atoms with Crippen LogP contribution in [0.1, 0.15) is 41.4 Å². The zero-order valence-electron chi connectivity index (χ0n) is 12.3. The fourth-order valence-electron chi connectivity index (χ4n) is 2.90. The Morgan fingerprint density at radius 2 is 1.75 bits per heavy atom. The number of carboxylic acid groups (broad SMARTS) is 2. The first-order valence-electron chi connectivity index (χ1n) is 6.92.